The van der Waals surface area contributed by atoms with Gasteiger partial charge in [0.15, 0.2) is 5.60 Å². The summed E-state index contributed by atoms with van der Waals surface area (Å²) in [6.07, 6.45) is -5.65. The van der Waals surface area contributed by atoms with E-state index in [0.717, 1.165) is 12.1 Å². The van der Waals surface area contributed by atoms with E-state index in [-0.39, 0.29) is 27.9 Å². The number of phenolic OH excluding ortho intramolecular Hbond substituents is 1. The summed E-state index contributed by atoms with van der Waals surface area (Å²) in [5, 5.41) is 23.9. The Labute approximate surface area is 168 Å². The van der Waals surface area contributed by atoms with Crippen LogP contribution in [0.25, 0.3) is 10.9 Å². The Kier molecular flexibility index (Phi) is 4.54. The summed E-state index contributed by atoms with van der Waals surface area (Å²) >= 11 is 0. The molecule has 0 saturated carbocycles. The molecule has 0 fully saturated rings. The highest BCUT2D eigenvalue weighted by atomic mass is 19.4. The summed E-state index contributed by atoms with van der Waals surface area (Å²) in [6, 6.07) is 7.20. The number of fused-ring (bicyclic) bond motifs is 2. The van der Waals surface area contributed by atoms with E-state index in [1.807, 2.05) is 0 Å². The quantitative estimate of drug-likeness (QED) is 0.463. The molecule has 0 aliphatic heterocycles. The summed E-state index contributed by atoms with van der Waals surface area (Å²) in [7, 11) is 0. The van der Waals surface area contributed by atoms with Crippen LogP contribution in [0.2, 0.25) is 0 Å². The molecule has 9 heteroatoms. The van der Waals surface area contributed by atoms with Gasteiger partial charge in [-0.15, -0.1) is 0 Å². The number of nitrogens with one attached hydrogen (secondary N) is 2. The number of pyridine rings is 1. The van der Waals surface area contributed by atoms with Crippen LogP contribution in [0.15, 0.2) is 47.3 Å². The van der Waals surface area contributed by atoms with Gasteiger partial charge < -0.3 is 20.5 Å². The predicted molar refractivity (Wildman–Crippen MR) is 103 cm³/mol. The first kappa shape index (κ1) is 20.2. The molecule has 1 aliphatic carbocycles. The second kappa shape index (κ2) is 6.73. The minimum Gasteiger partial charge on any atom is -0.508 e. The van der Waals surface area contributed by atoms with Crippen molar-refractivity contribution in [3.8, 4) is 5.75 Å². The van der Waals surface area contributed by atoms with Gasteiger partial charge in [-0.25, -0.2) is 4.39 Å². The number of rotatable bonds is 2. The van der Waals surface area contributed by atoms with Gasteiger partial charge >= 0.3 is 6.18 Å². The summed E-state index contributed by atoms with van der Waals surface area (Å²) in [4.78, 5) is 13.9. The molecule has 5 nitrogen and oxygen atoms in total. The number of halogens is 4. The molecular formula is C21H18F4N2O3. The third-order valence-corrected chi connectivity index (χ3v) is 5.65. The van der Waals surface area contributed by atoms with Crippen molar-refractivity contribution in [2.45, 2.75) is 37.1 Å². The standard InChI is InChI=1S/C21H18F4N2O3/c1-10-9-20(30,21(23,24)25)19(12-3-2-4-15(28)17(10)12)26-14-7-6-13(22)18-11(14)5-8-16(29)27-18/h2-8,10,19,26,28,30H,9H2,1H3,(H,27,29)/t10-,19-,20-/m1/s1. The first-order valence-corrected chi connectivity index (χ1v) is 9.22. The Morgan fingerprint density at radius 3 is 2.60 bits per heavy atom. The van der Waals surface area contributed by atoms with Crippen molar-refractivity contribution in [2.75, 3.05) is 5.32 Å². The van der Waals surface area contributed by atoms with Gasteiger partial charge in [-0.3, -0.25) is 4.79 Å². The van der Waals surface area contributed by atoms with Gasteiger partial charge in [0.05, 0.1) is 11.6 Å². The first-order valence-electron chi connectivity index (χ1n) is 9.22. The van der Waals surface area contributed by atoms with E-state index in [1.54, 1.807) is 0 Å². The fourth-order valence-corrected chi connectivity index (χ4v) is 4.28. The Morgan fingerprint density at radius 2 is 1.90 bits per heavy atom. The predicted octanol–water partition coefficient (Wildman–Crippen LogP) is 4.33. The molecule has 158 valence electrons. The van der Waals surface area contributed by atoms with Crippen LogP contribution < -0.4 is 10.9 Å². The molecule has 3 atom stereocenters. The lowest BCUT2D eigenvalue weighted by Gasteiger charge is -2.45. The minimum absolute atomic E-state index is 0.0930. The molecule has 1 aliphatic rings. The molecule has 1 aromatic heterocycles. The summed E-state index contributed by atoms with van der Waals surface area (Å²) in [6.45, 7) is 1.50. The monoisotopic (exact) mass is 422 g/mol. The largest absolute Gasteiger partial charge is 0.508 e. The maximum absolute atomic E-state index is 14.1. The van der Waals surface area contributed by atoms with Crippen molar-refractivity contribution >= 4 is 16.6 Å². The Balaban J connectivity index is 1.93. The molecule has 0 unspecified atom stereocenters. The van der Waals surface area contributed by atoms with E-state index in [0.29, 0.717) is 5.56 Å². The molecular weight excluding hydrogens is 404 g/mol. The number of hydrogen-bond donors (Lipinski definition) is 4. The van der Waals surface area contributed by atoms with Gasteiger partial charge in [-0.1, -0.05) is 19.1 Å². The molecule has 3 aromatic rings. The summed E-state index contributed by atoms with van der Waals surface area (Å²) in [5.41, 5.74) is -3.37. The average molecular weight is 422 g/mol. The Hall–Kier alpha value is -3.07. The van der Waals surface area contributed by atoms with E-state index < -0.39 is 41.5 Å². The fourth-order valence-electron chi connectivity index (χ4n) is 4.28. The lowest BCUT2D eigenvalue weighted by molar-refractivity contribution is -0.272. The van der Waals surface area contributed by atoms with Crippen LogP contribution in [-0.2, 0) is 0 Å². The molecule has 0 saturated heterocycles. The molecule has 0 amide bonds. The van der Waals surface area contributed by atoms with Gasteiger partial charge in [0, 0.05) is 22.7 Å². The van der Waals surface area contributed by atoms with Gasteiger partial charge in [0.25, 0.3) is 0 Å². The molecule has 1 heterocycles. The number of alkyl halides is 3. The Morgan fingerprint density at radius 1 is 1.17 bits per heavy atom. The fraction of sp³-hybridized carbons (Fsp3) is 0.286. The zero-order valence-electron chi connectivity index (χ0n) is 15.7. The molecule has 2 aromatic carbocycles. The number of anilines is 1. The molecule has 4 rings (SSSR count). The third kappa shape index (κ3) is 3.00. The number of aromatic nitrogens is 1. The van der Waals surface area contributed by atoms with Crippen LogP contribution in [0, 0.1) is 5.82 Å². The molecule has 0 radical (unpaired) electrons. The highest BCUT2D eigenvalue weighted by Crippen LogP contribution is 2.54. The molecule has 0 bridgehead atoms. The van der Waals surface area contributed by atoms with Crippen molar-refractivity contribution in [3.63, 3.8) is 0 Å². The van der Waals surface area contributed by atoms with Crippen molar-refractivity contribution in [3.05, 3.63) is 69.8 Å². The second-order valence-electron chi connectivity index (χ2n) is 7.59. The number of aliphatic hydroxyl groups is 1. The lowest BCUT2D eigenvalue weighted by Crippen LogP contribution is -2.55. The zero-order valence-corrected chi connectivity index (χ0v) is 15.7. The number of H-pyrrole nitrogens is 1. The average Bonchev–Trinajstić information content (AvgIpc) is 2.66. The number of phenols is 1. The first-order chi connectivity index (χ1) is 14.0. The zero-order chi connectivity index (χ0) is 21.8. The number of aromatic amines is 1. The summed E-state index contributed by atoms with van der Waals surface area (Å²) in [5.74, 6) is -1.66. The molecule has 0 spiro atoms. The normalized spacial score (nSPS) is 23.9. The van der Waals surface area contributed by atoms with Crippen molar-refractivity contribution in [1.82, 2.24) is 4.98 Å². The van der Waals surface area contributed by atoms with Crippen molar-refractivity contribution < 1.29 is 27.8 Å². The molecule has 4 N–H and O–H groups in total. The second-order valence-corrected chi connectivity index (χ2v) is 7.59. The minimum atomic E-state index is -4.98. The van der Waals surface area contributed by atoms with E-state index in [4.69, 9.17) is 0 Å². The van der Waals surface area contributed by atoms with Crippen LogP contribution in [0.1, 0.15) is 36.4 Å². The van der Waals surface area contributed by atoms with Gasteiger partial charge in [0.2, 0.25) is 5.56 Å². The van der Waals surface area contributed by atoms with E-state index in [1.165, 1.54) is 37.3 Å². The highest BCUT2D eigenvalue weighted by molar-refractivity contribution is 5.91. The van der Waals surface area contributed by atoms with Crippen molar-refractivity contribution in [2.24, 2.45) is 0 Å². The van der Waals surface area contributed by atoms with Crippen LogP contribution in [0.3, 0.4) is 0 Å². The number of benzene rings is 2. The van der Waals surface area contributed by atoms with Gasteiger partial charge in [-0.2, -0.15) is 13.2 Å². The topological polar surface area (TPSA) is 85.4 Å². The van der Waals surface area contributed by atoms with E-state index in [2.05, 4.69) is 10.3 Å². The van der Waals surface area contributed by atoms with Crippen LogP contribution in [-0.4, -0.2) is 27.0 Å². The Bertz CT molecular complexity index is 1190. The van der Waals surface area contributed by atoms with E-state index in [9.17, 15) is 32.6 Å². The van der Waals surface area contributed by atoms with Gasteiger partial charge in [-0.05, 0) is 42.2 Å². The van der Waals surface area contributed by atoms with Crippen LogP contribution in [0.4, 0.5) is 23.2 Å². The van der Waals surface area contributed by atoms with Crippen LogP contribution >= 0.6 is 0 Å². The smallest absolute Gasteiger partial charge is 0.419 e. The number of hydrogen-bond acceptors (Lipinski definition) is 4. The lowest BCUT2D eigenvalue weighted by atomic mass is 9.70. The maximum atomic E-state index is 14.1. The molecule has 30 heavy (non-hydrogen) atoms. The van der Waals surface area contributed by atoms with E-state index >= 15 is 0 Å². The van der Waals surface area contributed by atoms with Crippen LogP contribution in [0.5, 0.6) is 5.75 Å². The maximum Gasteiger partial charge on any atom is 0.419 e. The number of aromatic hydroxyl groups is 1. The van der Waals surface area contributed by atoms with Gasteiger partial charge in [0.1, 0.15) is 11.6 Å². The third-order valence-electron chi connectivity index (χ3n) is 5.65. The van der Waals surface area contributed by atoms with Crippen molar-refractivity contribution in [1.29, 1.82) is 0 Å². The SMILES string of the molecule is C[C@@H]1C[C@](O)(C(F)(F)F)[C@H](Nc2ccc(F)c3[nH]c(=O)ccc23)c2cccc(O)c21. The highest BCUT2D eigenvalue weighted by Gasteiger charge is 2.62. The summed E-state index contributed by atoms with van der Waals surface area (Å²) < 4.78 is 56.2.